The normalized spacial score (nSPS) is 10.9. The lowest BCUT2D eigenvalue weighted by molar-refractivity contribution is -0.654. The Balaban J connectivity index is 1.69. The first-order valence-electron chi connectivity index (χ1n) is 8.92. The third kappa shape index (κ3) is 4.53. The lowest BCUT2D eigenvalue weighted by Crippen LogP contribution is -2.35. The van der Waals surface area contributed by atoms with Crippen LogP contribution in [-0.2, 0) is 0 Å². The molecule has 0 unspecified atom stereocenters. The van der Waals surface area contributed by atoms with E-state index in [1.165, 1.54) is 17.4 Å². The number of anilines is 2. The van der Waals surface area contributed by atoms with Crippen molar-refractivity contribution in [3.8, 4) is 5.69 Å². The van der Waals surface area contributed by atoms with Gasteiger partial charge in [0.2, 0.25) is 5.69 Å². The van der Waals surface area contributed by atoms with Gasteiger partial charge in [-0.3, -0.25) is 10.1 Å². The number of para-hydroxylation sites is 2. The highest BCUT2D eigenvalue weighted by Gasteiger charge is 2.20. The average molecular weight is 401 g/mol. The molecule has 0 fully saturated rings. The monoisotopic (exact) mass is 401 g/mol. The molecular weight excluding hydrogens is 384 g/mol. The molecule has 0 amide bonds. The van der Waals surface area contributed by atoms with Crippen molar-refractivity contribution >= 4 is 40.0 Å². The van der Waals surface area contributed by atoms with Gasteiger partial charge in [0.25, 0.3) is 15.8 Å². The van der Waals surface area contributed by atoms with E-state index >= 15 is 0 Å². The van der Waals surface area contributed by atoms with Crippen LogP contribution in [0.3, 0.4) is 0 Å². The lowest BCUT2D eigenvalue weighted by atomic mass is 10.2. The molecule has 1 N–H and O–H groups in total. The van der Waals surface area contributed by atoms with Gasteiger partial charge in [0.1, 0.15) is 0 Å². The molecule has 0 saturated carbocycles. The summed E-state index contributed by atoms with van der Waals surface area (Å²) in [6.45, 7) is 0. The maximum absolute atomic E-state index is 11.0. The molecule has 29 heavy (non-hydrogen) atoms. The smallest absolute Gasteiger partial charge is 0.297 e. The molecule has 0 aliphatic carbocycles. The number of hydrogen-bond donors (Lipinski definition) is 1. The second-order valence-electron chi connectivity index (χ2n) is 6.17. The Kier molecular flexibility index (Phi) is 5.40. The summed E-state index contributed by atoms with van der Waals surface area (Å²) in [6.07, 6.45) is 3.77. The lowest BCUT2D eigenvalue weighted by Gasteiger charge is -1.97. The summed E-state index contributed by atoms with van der Waals surface area (Å²) >= 11 is 1.50. The third-order valence-corrected chi connectivity index (χ3v) is 5.02. The third-order valence-electron chi connectivity index (χ3n) is 4.13. The van der Waals surface area contributed by atoms with E-state index in [0.29, 0.717) is 0 Å². The molecular formula is C22H17N4O2S+. The van der Waals surface area contributed by atoms with E-state index in [1.807, 2.05) is 83.6 Å². The van der Waals surface area contributed by atoms with E-state index in [4.69, 9.17) is 5.10 Å². The number of aromatic nitrogens is 2. The van der Waals surface area contributed by atoms with Crippen molar-refractivity contribution in [3.63, 3.8) is 0 Å². The van der Waals surface area contributed by atoms with Gasteiger partial charge in [-0.2, -0.15) is 0 Å². The fourth-order valence-electron chi connectivity index (χ4n) is 2.77. The van der Waals surface area contributed by atoms with E-state index < -0.39 is 4.92 Å². The van der Waals surface area contributed by atoms with E-state index in [0.717, 1.165) is 27.1 Å². The summed E-state index contributed by atoms with van der Waals surface area (Å²) in [5.74, 6) is 0. The van der Waals surface area contributed by atoms with Gasteiger partial charge in [0.15, 0.2) is 0 Å². The molecule has 0 bridgehead atoms. The number of benzene rings is 3. The molecule has 6 nitrogen and oxygen atoms in total. The summed E-state index contributed by atoms with van der Waals surface area (Å²) < 4.78 is 1.85. The fraction of sp³-hybridized carbons (Fsp3) is 0. The highest BCUT2D eigenvalue weighted by atomic mass is 32.1. The summed E-state index contributed by atoms with van der Waals surface area (Å²) in [5.41, 5.74) is 2.71. The van der Waals surface area contributed by atoms with Crippen LogP contribution in [0.25, 0.3) is 17.8 Å². The summed E-state index contributed by atoms with van der Waals surface area (Å²) in [4.78, 5) is 10.6. The van der Waals surface area contributed by atoms with Gasteiger partial charge in [-0.05, 0) is 39.8 Å². The quantitative estimate of drug-likeness (QED) is 0.272. The van der Waals surface area contributed by atoms with Gasteiger partial charge in [0, 0.05) is 41.1 Å². The second kappa shape index (κ2) is 8.45. The summed E-state index contributed by atoms with van der Waals surface area (Å²) in [5, 5.41) is 20.7. The van der Waals surface area contributed by atoms with Crippen LogP contribution in [0.2, 0.25) is 0 Å². The zero-order valence-electron chi connectivity index (χ0n) is 15.3. The number of hydrogen-bond acceptors (Lipinski definition) is 5. The molecule has 3 aromatic carbocycles. The Labute approximate surface area is 171 Å². The van der Waals surface area contributed by atoms with Crippen LogP contribution in [-0.4, -0.2) is 10.0 Å². The molecule has 0 radical (unpaired) electrons. The van der Waals surface area contributed by atoms with Gasteiger partial charge >= 0.3 is 0 Å². The van der Waals surface area contributed by atoms with Crippen LogP contribution < -0.4 is 10.00 Å². The topological polar surface area (TPSA) is 71.9 Å². The van der Waals surface area contributed by atoms with Gasteiger partial charge in [-0.1, -0.05) is 48.5 Å². The molecule has 142 valence electrons. The van der Waals surface area contributed by atoms with Crippen LogP contribution in [0.4, 0.5) is 16.5 Å². The largest absolute Gasteiger partial charge is 0.327 e. The van der Waals surface area contributed by atoms with Crippen LogP contribution >= 0.6 is 11.3 Å². The highest BCUT2D eigenvalue weighted by molar-refractivity contribution is 7.15. The summed E-state index contributed by atoms with van der Waals surface area (Å²) in [6, 6.07) is 26.2. The standard InChI is InChI=1S/C22H17N4O2S/c27-26(28)20-13-7-8-17(16-20)14-15-21-25(19-11-5-2-6-12-19)24-22(29-21)23-18-9-3-1-4-10-18/h1-16H,(H,23,24)/q+1/b15-14+. The SMILES string of the molecule is O=[N+]([O-])c1cccc(/C=C/c2sc(Nc3ccccc3)n[n+]2-c2ccccc2)c1. The summed E-state index contributed by atoms with van der Waals surface area (Å²) in [7, 11) is 0. The van der Waals surface area contributed by atoms with Crippen LogP contribution in [0, 0.1) is 10.1 Å². The molecule has 1 heterocycles. The molecule has 0 atom stereocenters. The number of rotatable bonds is 6. The first-order valence-corrected chi connectivity index (χ1v) is 9.74. The average Bonchev–Trinajstić information content (AvgIpc) is 3.16. The Hall–Kier alpha value is -3.84. The molecule has 0 aliphatic rings. The molecule has 4 aromatic rings. The Morgan fingerprint density at radius 1 is 0.931 bits per heavy atom. The Morgan fingerprint density at radius 2 is 1.66 bits per heavy atom. The van der Waals surface area contributed by atoms with E-state index in [1.54, 1.807) is 12.1 Å². The predicted molar refractivity (Wildman–Crippen MR) is 115 cm³/mol. The Morgan fingerprint density at radius 3 is 2.38 bits per heavy atom. The predicted octanol–water partition coefficient (Wildman–Crippen LogP) is 5.24. The van der Waals surface area contributed by atoms with Gasteiger partial charge < -0.3 is 5.32 Å². The van der Waals surface area contributed by atoms with Crippen molar-refractivity contribution in [2.45, 2.75) is 0 Å². The van der Waals surface area contributed by atoms with Gasteiger partial charge in [-0.15, -0.1) is 0 Å². The fourth-order valence-corrected chi connectivity index (χ4v) is 3.62. The van der Waals surface area contributed by atoms with Crippen LogP contribution in [0.5, 0.6) is 0 Å². The molecule has 1 aromatic heterocycles. The maximum Gasteiger partial charge on any atom is 0.297 e. The number of nitrogens with zero attached hydrogens (tertiary/aromatic N) is 3. The number of non-ortho nitro benzene ring substituents is 1. The zero-order chi connectivity index (χ0) is 20.1. The second-order valence-corrected chi connectivity index (χ2v) is 7.18. The minimum atomic E-state index is -0.393. The Bertz CT molecular complexity index is 1160. The molecule has 0 spiro atoms. The highest BCUT2D eigenvalue weighted by Crippen LogP contribution is 2.23. The van der Waals surface area contributed by atoms with E-state index in [-0.39, 0.29) is 5.69 Å². The first-order chi connectivity index (χ1) is 14.2. The minimum absolute atomic E-state index is 0.0684. The molecule has 7 heteroatoms. The molecule has 0 aliphatic heterocycles. The van der Waals surface area contributed by atoms with Crippen molar-refractivity contribution in [1.82, 2.24) is 5.10 Å². The number of nitro groups is 1. The van der Waals surface area contributed by atoms with E-state index in [2.05, 4.69) is 5.32 Å². The van der Waals surface area contributed by atoms with Crippen molar-refractivity contribution in [2.75, 3.05) is 5.32 Å². The van der Waals surface area contributed by atoms with Crippen molar-refractivity contribution in [3.05, 3.63) is 106 Å². The molecule has 4 rings (SSSR count). The van der Waals surface area contributed by atoms with Gasteiger partial charge in [-0.25, -0.2) is 0 Å². The van der Waals surface area contributed by atoms with Gasteiger partial charge in [0.05, 0.1) is 4.92 Å². The number of nitro benzene ring substituents is 1. The first kappa shape index (κ1) is 18.5. The van der Waals surface area contributed by atoms with E-state index in [9.17, 15) is 10.1 Å². The number of nitrogens with one attached hydrogen (secondary N) is 1. The maximum atomic E-state index is 11.0. The van der Waals surface area contributed by atoms with Crippen molar-refractivity contribution in [2.24, 2.45) is 0 Å². The molecule has 0 saturated heterocycles. The van der Waals surface area contributed by atoms with Crippen LogP contribution in [0.15, 0.2) is 84.9 Å². The zero-order valence-corrected chi connectivity index (χ0v) is 16.1. The van der Waals surface area contributed by atoms with Crippen LogP contribution in [0.1, 0.15) is 10.6 Å². The van der Waals surface area contributed by atoms with Crippen molar-refractivity contribution < 1.29 is 9.61 Å². The van der Waals surface area contributed by atoms with Crippen molar-refractivity contribution in [1.29, 1.82) is 0 Å². The minimum Gasteiger partial charge on any atom is -0.327 e.